The highest BCUT2D eigenvalue weighted by Gasteiger charge is 2.23. The van der Waals surface area contributed by atoms with Crippen LogP contribution in [0.2, 0.25) is 0 Å². The molecule has 1 aliphatic heterocycles. The second-order valence-corrected chi connectivity index (χ2v) is 5.91. The van der Waals surface area contributed by atoms with Gasteiger partial charge in [0.1, 0.15) is 0 Å². The number of phenols is 1. The Labute approximate surface area is 153 Å². The Bertz CT molecular complexity index is 876. The van der Waals surface area contributed by atoms with Gasteiger partial charge in [-0.2, -0.15) is 0 Å². The van der Waals surface area contributed by atoms with Gasteiger partial charge in [0.15, 0.2) is 11.5 Å². The van der Waals surface area contributed by atoms with E-state index in [1.807, 2.05) is 19.1 Å². The summed E-state index contributed by atoms with van der Waals surface area (Å²) in [6.45, 7) is 3.22. The number of phenolic OH excluding ortho intramolecular Hbond substituents is 1. The zero-order valence-electron chi connectivity index (χ0n) is 14.0. The second-order valence-electron chi connectivity index (χ2n) is 5.91. The van der Waals surface area contributed by atoms with Crippen molar-refractivity contribution in [2.24, 2.45) is 0 Å². The summed E-state index contributed by atoms with van der Waals surface area (Å²) in [7, 11) is 0. The van der Waals surface area contributed by atoms with E-state index in [2.05, 4.69) is 52.5 Å². The molecule has 1 unspecified atom stereocenters. The Morgan fingerprint density at radius 3 is 2.84 bits per heavy atom. The van der Waals surface area contributed by atoms with Crippen LogP contribution in [0.1, 0.15) is 29.8 Å². The van der Waals surface area contributed by atoms with Crippen molar-refractivity contribution < 1.29 is 9.84 Å². The molecule has 4 nitrogen and oxygen atoms in total. The number of nitrogens with one attached hydrogen (secondary N) is 1. The first-order valence-electron chi connectivity index (χ1n) is 8.22. The SMILES string of the molecule is CCOc1cc(C2NCc3ccccc3-n3cccc32)ccc1O.Cl. The van der Waals surface area contributed by atoms with Gasteiger partial charge in [0.25, 0.3) is 0 Å². The van der Waals surface area contributed by atoms with Crippen molar-refractivity contribution in [3.63, 3.8) is 0 Å². The number of aromatic hydroxyl groups is 1. The minimum atomic E-state index is 0. The van der Waals surface area contributed by atoms with E-state index < -0.39 is 0 Å². The summed E-state index contributed by atoms with van der Waals surface area (Å²) >= 11 is 0. The van der Waals surface area contributed by atoms with Crippen molar-refractivity contribution >= 4 is 12.4 Å². The molecular formula is C20H21ClN2O2. The highest BCUT2D eigenvalue weighted by Crippen LogP contribution is 2.34. The fraction of sp³-hybridized carbons (Fsp3) is 0.200. The van der Waals surface area contributed by atoms with Crippen LogP contribution in [-0.4, -0.2) is 16.3 Å². The summed E-state index contributed by atoms with van der Waals surface area (Å²) in [6.07, 6.45) is 2.10. The number of rotatable bonds is 3. The molecule has 0 radical (unpaired) electrons. The molecule has 2 N–H and O–H groups in total. The predicted octanol–water partition coefficient (Wildman–Crippen LogP) is 4.20. The highest BCUT2D eigenvalue weighted by atomic mass is 35.5. The maximum Gasteiger partial charge on any atom is 0.161 e. The zero-order valence-corrected chi connectivity index (χ0v) is 14.8. The van der Waals surface area contributed by atoms with Crippen LogP contribution in [-0.2, 0) is 6.54 Å². The lowest BCUT2D eigenvalue weighted by atomic mass is 10.0. The largest absolute Gasteiger partial charge is 0.504 e. The fourth-order valence-electron chi connectivity index (χ4n) is 3.33. The van der Waals surface area contributed by atoms with Crippen LogP contribution < -0.4 is 10.1 Å². The quantitative estimate of drug-likeness (QED) is 0.739. The number of nitrogens with zero attached hydrogens (tertiary/aromatic N) is 1. The minimum Gasteiger partial charge on any atom is -0.504 e. The number of para-hydroxylation sites is 1. The molecule has 0 bridgehead atoms. The summed E-state index contributed by atoms with van der Waals surface area (Å²) in [5.41, 5.74) is 4.72. The van der Waals surface area contributed by atoms with Gasteiger partial charge < -0.3 is 19.7 Å². The first kappa shape index (κ1) is 17.4. The van der Waals surface area contributed by atoms with E-state index in [9.17, 15) is 5.11 Å². The lowest BCUT2D eigenvalue weighted by Gasteiger charge is -2.19. The molecule has 2 aromatic carbocycles. The van der Waals surface area contributed by atoms with Crippen LogP contribution in [0, 0.1) is 0 Å². The number of hydrogen-bond donors (Lipinski definition) is 2. The van der Waals surface area contributed by atoms with Crippen LogP contribution in [0.4, 0.5) is 0 Å². The minimum absolute atomic E-state index is 0. The van der Waals surface area contributed by atoms with Gasteiger partial charge in [0.2, 0.25) is 0 Å². The van der Waals surface area contributed by atoms with Gasteiger partial charge in [0.05, 0.1) is 12.6 Å². The van der Waals surface area contributed by atoms with Gasteiger partial charge in [-0.25, -0.2) is 0 Å². The molecule has 1 atom stereocenters. The molecule has 0 spiro atoms. The smallest absolute Gasteiger partial charge is 0.161 e. The lowest BCUT2D eigenvalue weighted by Crippen LogP contribution is -2.21. The van der Waals surface area contributed by atoms with Crippen LogP contribution in [0.5, 0.6) is 11.5 Å². The molecule has 0 aliphatic carbocycles. The molecule has 3 aromatic rings. The molecule has 5 heteroatoms. The molecule has 130 valence electrons. The van der Waals surface area contributed by atoms with Gasteiger partial charge >= 0.3 is 0 Å². The highest BCUT2D eigenvalue weighted by molar-refractivity contribution is 5.85. The maximum absolute atomic E-state index is 9.97. The molecular weight excluding hydrogens is 336 g/mol. The molecule has 1 aromatic heterocycles. The number of benzene rings is 2. The standard InChI is InChI=1S/C20H20N2O2.ClH/c1-2-24-19-12-14(9-10-18(19)23)20-17-8-5-11-22(17)16-7-4-3-6-15(16)13-21-20;/h3-12,20-21,23H,2,13H2,1H3;1H. The van der Waals surface area contributed by atoms with Crippen molar-refractivity contribution in [3.05, 3.63) is 77.6 Å². The topological polar surface area (TPSA) is 46.4 Å². The van der Waals surface area contributed by atoms with Gasteiger partial charge in [-0.05, 0) is 48.4 Å². The first-order valence-corrected chi connectivity index (χ1v) is 8.22. The third kappa shape index (κ3) is 3.11. The number of hydrogen-bond acceptors (Lipinski definition) is 3. The van der Waals surface area contributed by atoms with E-state index >= 15 is 0 Å². The van der Waals surface area contributed by atoms with Crippen molar-refractivity contribution in [3.8, 4) is 17.2 Å². The summed E-state index contributed by atoms with van der Waals surface area (Å²) in [5, 5.41) is 13.6. The van der Waals surface area contributed by atoms with Gasteiger partial charge in [-0.1, -0.05) is 24.3 Å². The number of fused-ring (bicyclic) bond motifs is 3. The third-order valence-electron chi connectivity index (χ3n) is 4.44. The Kier molecular flexibility index (Phi) is 5.02. The summed E-state index contributed by atoms with van der Waals surface area (Å²) in [6, 6.07) is 18.2. The monoisotopic (exact) mass is 356 g/mol. The lowest BCUT2D eigenvalue weighted by molar-refractivity contribution is 0.317. The van der Waals surface area contributed by atoms with E-state index in [1.165, 1.54) is 16.9 Å². The average Bonchev–Trinajstić information content (AvgIpc) is 3.02. The molecule has 1 aliphatic rings. The summed E-state index contributed by atoms with van der Waals surface area (Å²) in [4.78, 5) is 0. The summed E-state index contributed by atoms with van der Waals surface area (Å²) in [5.74, 6) is 0.699. The van der Waals surface area contributed by atoms with Gasteiger partial charge in [-0.15, -0.1) is 12.4 Å². The second kappa shape index (κ2) is 7.21. The summed E-state index contributed by atoms with van der Waals surface area (Å²) < 4.78 is 7.78. The van der Waals surface area contributed by atoms with E-state index in [4.69, 9.17) is 4.74 Å². The Morgan fingerprint density at radius 1 is 1.16 bits per heavy atom. The van der Waals surface area contributed by atoms with Crippen LogP contribution in [0.3, 0.4) is 0 Å². The van der Waals surface area contributed by atoms with Crippen LogP contribution >= 0.6 is 12.4 Å². The number of aromatic nitrogens is 1. The molecule has 0 fully saturated rings. The van der Waals surface area contributed by atoms with Crippen LogP contribution in [0.15, 0.2) is 60.8 Å². The Hall–Kier alpha value is -2.43. The van der Waals surface area contributed by atoms with E-state index in [0.29, 0.717) is 12.4 Å². The molecule has 0 saturated heterocycles. The zero-order chi connectivity index (χ0) is 16.5. The van der Waals surface area contributed by atoms with E-state index in [-0.39, 0.29) is 24.2 Å². The van der Waals surface area contributed by atoms with Crippen molar-refractivity contribution in [1.82, 2.24) is 9.88 Å². The van der Waals surface area contributed by atoms with E-state index in [1.54, 1.807) is 6.07 Å². The van der Waals surface area contributed by atoms with Crippen LogP contribution in [0.25, 0.3) is 5.69 Å². The average molecular weight is 357 g/mol. The molecule has 2 heterocycles. The Balaban J connectivity index is 0.00000182. The third-order valence-corrected chi connectivity index (χ3v) is 4.44. The van der Waals surface area contributed by atoms with Crippen molar-refractivity contribution in [2.75, 3.05) is 6.61 Å². The van der Waals surface area contributed by atoms with E-state index in [0.717, 1.165) is 12.1 Å². The molecule has 4 rings (SSSR count). The molecule has 0 saturated carbocycles. The van der Waals surface area contributed by atoms with Crippen molar-refractivity contribution in [2.45, 2.75) is 19.5 Å². The maximum atomic E-state index is 9.97. The Morgan fingerprint density at radius 2 is 2.00 bits per heavy atom. The van der Waals surface area contributed by atoms with Crippen molar-refractivity contribution in [1.29, 1.82) is 0 Å². The first-order chi connectivity index (χ1) is 11.8. The van der Waals surface area contributed by atoms with Gasteiger partial charge in [0, 0.05) is 24.1 Å². The number of ether oxygens (including phenoxy) is 1. The normalized spacial score (nSPS) is 15.5. The molecule has 0 amide bonds. The number of halogens is 1. The fourth-order valence-corrected chi connectivity index (χ4v) is 3.33. The predicted molar refractivity (Wildman–Crippen MR) is 101 cm³/mol. The van der Waals surface area contributed by atoms with Gasteiger partial charge in [-0.3, -0.25) is 0 Å². The molecule has 25 heavy (non-hydrogen) atoms.